The number of nitrogens with zero attached hydrogens (tertiary/aromatic N) is 3. The van der Waals surface area contributed by atoms with Crippen LogP contribution in [-0.2, 0) is 14.8 Å². The maximum Gasteiger partial charge on any atom is 0.402 e. The van der Waals surface area contributed by atoms with Crippen LogP contribution in [-0.4, -0.2) is 79.4 Å². The van der Waals surface area contributed by atoms with E-state index in [-0.39, 0.29) is 41.8 Å². The van der Waals surface area contributed by atoms with Crippen molar-refractivity contribution in [2.24, 2.45) is 5.92 Å². The van der Waals surface area contributed by atoms with E-state index in [2.05, 4.69) is 18.7 Å². The smallest absolute Gasteiger partial charge is 0.340 e. The molecule has 2 fully saturated rings. The summed E-state index contributed by atoms with van der Waals surface area (Å²) in [6.45, 7) is 5.03. The van der Waals surface area contributed by atoms with Crippen LogP contribution in [0.25, 0.3) is 0 Å². The Kier molecular flexibility index (Phi) is 8.24. The van der Waals surface area contributed by atoms with Gasteiger partial charge in [0.05, 0.1) is 0 Å². The molecule has 1 aromatic rings. The first-order chi connectivity index (χ1) is 15.8. The maximum atomic E-state index is 14.2. The standard InChI is InChI=1S/C22H30F5N3O3S/c1-15(2)28-9-11-29(12-10-28)21(31)16-3-6-18(7-4-16)30(14-22(25,26)27)34(32,33)20-8-5-17(23)13-19(20)24/h5,8,13,15-16,18H,3-4,6-7,9-12,14H2,1-2H3/t16-,18-. The monoisotopic (exact) mass is 511 g/mol. The predicted octanol–water partition coefficient (Wildman–Crippen LogP) is 3.63. The maximum absolute atomic E-state index is 14.2. The minimum absolute atomic E-state index is 0.0422. The number of sulfonamides is 1. The van der Waals surface area contributed by atoms with E-state index < -0.39 is 45.3 Å². The van der Waals surface area contributed by atoms with Gasteiger partial charge in [0.2, 0.25) is 15.9 Å². The number of hydrogen-bond donors (Lipinski definition) is 0. The molecule has 0 N–H and O–H groups in total. The van der Waals surface area contributed by atoms with E-state index in [1.807, 2.05) is 0 Å². The zero-order valence-electron chi connectivity index (χ0n) is 19.2. The zero-order valence-corrected chi connectivity index (χ0v) is 20.0. The number of alkyl halides is 3. The lowest BCUT2D eigenvalue weighted by molar-refractivity contribution is -0.144. The molecule has 1 saturated carbocycles. The van der Waals surface area contributed by atoms with E-state index in [1.165, 1.54) is 0 Å². The van der Waals surface area contributed by atoms with Crippen LogP contribution in [0.2, 0.25) is 0 Å². The predicted molar refractivity (Wildman–Crippen MR) is 115 cm³/mol. The number of carbonyl (C=O) groups is 1. The molecule has 1 aromatic carbocycles. The summed E-state index contributed by atoms with van der Waals surface area (Å²) in [4.78, 5) is 16.0. The molecule has 0 radical (unpaired) electrons. The van der Waals surface area contributed by atoms with Gasteiger partial charge in [-0.25, -0.2) is 17.2 Å². The van der Waals surface area contributed by atoms with E-state index in [0.29, 0.717) is 37.3 Å². The van der Waals surface area contributed by atoms with Gasteiger partial charge in [-0.05, 0) is 51.7 Å². The first-order valence-corrected chi connectivity index (χ1v) is 12.8. The third kappa shape index (κ3) is 6.25. The quantitative estimate of drug-likeness (QED) is 0.548. The fourth-order valence-electron chi connectivity index (χ4n) is 4.73. The normalized spacial score (nSPS) is 23.0. The Morgan fingerprint density at radius 2 is 1.65 bits per heavy atom. The van der Waals surface area contributed by atoms with Crippen LogP contribution in [0.5, 0.6) is 0 Å². The molecule has 0 unspecified atom stereocenters. The molecule has 192 valence electrons. The van der Waals surface area contributed by atoms with Crippen molar-refractivity contribution >= 4 is 15.9 Å². The summed E-state index contributed by atoms with van der Waals surface area (Å²) >= 11 is 0. The number of rotatable bonds is 6. The van der Waals surface area contributed by atoms with Gasteiger partial charge in [-0.15, -0.1) is 0 Å². The van der Waals surface area contributed by atoms with Crippen molar-refractivity contribution in [3.05, 3.63) is 29.8 Å². The number of piperazine rings is 1. The lowest BCUT2D eigenvalue weighted by Crippen LogP contribution is -2.53. The van der Waals surface area contributed by atoms with Gasteiger partial charge < -0.3 is 4.90 Å². The fourth-order valence-corrected chi connectivity index (χ4v) is 6.44. The second-order valence-corrected chi connectivity index (χ2v) is 11.1. The molecule has 1 aliphatic carbocycles. The zero-order chi connectivity index (χ0) is 25.3. The van der Waals surface area contributed by atoms with Gasteiger partial charge in [-0.1, -0.05) is 0 Å². The minimum atomic E-state index is -4.88. The van der Waals surface area contributed by atoms with Crippen LogP contribution in [0.4, 0.5) is 22.0 Å². The molecule has 0 bridgehead atoms. The lowest BCUT2D eigenvalue weighted by Gasteiger charge is -2.40. The van der Waals surface area contributed by atoms with Crippen molar-refractivity contribution < 1.29 is 35.2 Å². The molecule has 1 amide bonds. The van der Waals surface area contributed by atoms with Crippen molar-refractivity contribution in [3.8, 4) is 0 Å². The Labute approximate surface area is 196 Å². The number of carbonyl (C=O) groups excluding carboxylic acids is 1. The van der Waals surface area contributed by atoms with Crippen LogP contribution in [0, 0.1) is 17.6 Å². The van der Waals surface area contributed by atoms with Crippen LogP contribution in [0.15, 0.2) is 23.1 Å². The molecule has 3 rings (SSSR count). The van der Waals surface area contributed by atoms with Crippen LogP contribution < -0.4 is 0 Å². The minimum Gasteiger partial charge on any atom is -0.340 e. The summed E-state index contributed by atoms with van der Waals surface area (Å²) in [6.07, 6.45) is -4.29. The van der Waals surface area contributed by atoms with E-state index in [1.54, 1.807) is 4.90 Å². The van der Waals surface area contributed by atoms with E-state index in [4.69, 9.17) is 0 Å². The summed E-state index contributed by atoms with van der Waals surface area (Å²) in [5.41, 5.74) is 0. The molecule has 1 aliphatic heterocycles. The topological polar surface area (TPSA) is 60.9 Å². The van der Waals surface area contributed by atoms with Crippen LogP contribution in [0.1, 0.15) is 39.5 Å². The van der Waals surface area contributed by atoms with Crippen LogP contribution in [0.3, 0.4) is 0 Å². The Bertz CT molecular complexity index is 970. The highest BCUT2D eigenvalue weighted by Gasteiger charge is 2.43. The molecule has 0 atom stereocenters. The Hall–Kier alpha value is -1.79. The number of hydrogen-bond acceptors (Lipinski definition) is 4. The van der Waals surface area contributed by atoms with Gasteiger partial charge >= 0.3 is 6.18 Å². The molecule has 0 aromatic heterocycles. The summed E-state index contributed by atoms with van der Waals surface area (Å²) < 4.78 is 93.5. The summed E-state index contributed by atoms with van der Waals surface area (Å²) in [7, 11) is -4.88. The van der Waals surface area contributed by atoms with E-state index >= 15 is 0 Å². The Balaban J connectivity index is 1.71. The van der Waals surface area contributed by atoms with Crippen molar-refractivity contribution in [1.29, 1.82) is 0 Å². The second kappa shape index (κ2) is 10.4. The first kappa shape index (κ1) is 26.8. The molecule has 34 heavy (non-hydrogen) atoms. The van der Waals surface area contributed by atoms with Gasteiger partial charge in [-0.3, -0.25) is 9.69 Å². The highest BCUT2D eigenvalue weighted by atomic mass is 32.2. The summed E-state index contributed by atoms with van der Waals surface area (Å²) in [5, 5.41) is 0. The SMILES string of the molecule is CC(C)N1CCN(C(=O)[C@H]2CC[C@H](N(CC(F)(F)F)S(=O)(=O)c3ccc(F)cc3F)CC2)CC1. The molecular weight excluding hydrogens is 481 g/mol. The van der Waals surface area contributed by atoms with Crippen LogP contribution >= 0.6 is 0 Å². The summed E-state index contributed by atoms with van der Waals surface area (Å²) in [5.74, 6) is -2.93. The number of benzene rings is 1. The molecule has 0 spiro atoms. The summed E-state index contributed by atoms with van der Waals surface area (Å²) in [6, 6.07) is 0.983. The highest BCUT2D eigenvalue weighted by Crippen LogP contribution is 2.35. The Morgan fingerprint density at radius 1 is 1.06 bits per heavy atom. The van der Waals surface area contributed by atoms with Crippen molar-refractivity contribution in [3.63, 3.8) is 0 Å². The fraction of sp³-hybridized carbons (Fsp3) is 0.682. The van der Waals surface area contributed by atoms with E-state index in [0.717, 1.165) is 13.1 Å². The lowest BCUT2D eigenvalue weighted by atomic mass is 9.85. The largest absolute Gasteiger partial charge is 0.402 e. The first-order valence-electron chi connectivity index (χ1n) is 11.4. The second-order valence-electron chi connectivity index (χ2n) is 9.20. The highest BCUT2D eigenvalue weighted by molar-refractivity contribution is 7.89. The molecule has 2 aliphatic rings. The number of amides is 1. The third-order valence-electron chi connectivity index (χ3n) is 6.63. The molecule has 1 saturated heterocycles. The van der Waals surface area contributed by atoms with Gasteiger partial charge in [0.1, 0.15) is 23.1 Å². The van der Waals surface area contributed by atoms with Crippen molar-refractivity contribution in [1.82, 2.24) is 14.1 Å². The van der Waals surface area contributed by atoms with Crippen molar-refractivity contribution in [2.45, 2.75) is 62.7 Å². The van der Waals surface area contributed by atoms with Crippen molar-refractivity contribution in [2.75, 3.05) is 32.7 Å². The molecule has 12 heteroatoms. The van der Waals surface area contributed by atoms with Gasteiger partial charge in [0, 0.05) is 50.2 Å². The number of halogens is 5. The van der Waals surface area contributed by atoms with E-state index in [9.17, 15) is 35.2 Å². The molecule has 1 heterocycles. The average Bonchev–Trinajstić information content (AvgIpc) is 2.76. The van der Waals surface area contributed by atoms with Gasteiger partial charge in [-0.2, -0.15) is 17.5 Å². The third-order valence-corrected chi connectivity index (χ3v) is 8.56. The van der Waals surface area contributed by atoms with Gasteiger partial charge in [0.15, 0.2) is 0 Å². The molecule has 6 nitrogen and oxygen atoms in total. The molecular formula is C22H30F5N3O3S. The Morgan fingerprint density at radius 3 is 2.15 bits per heavy atom. The average molecular weight is 512 g/mol. The van der Waals surface area contributed by atoms with Gasteiger partial charge in [0.25, 0.3) is 0 Å².